The van der Waals surface area contributed by atoms with Crippen molar-refractivity contribution >= 4 is 17.5 Å². The maximum absolute atomic E-state index is 13.9. The highest BCUT2D eigenvalue weighted by Crippen LogP contribution is 2.45. The van der Waals surface area contributed by atoms with Crippen LogP contribution in [0, 0.1) is 19.3 Å². The van der Waals surface area contributed by atoms with E-state index >= 15 is 0 Å². The van der Waals surface area contributed by atoms with Gasteiger partial charge in [0.05, 0.1) is 29.0 Å². The van der Waals surface area contributed by atoms with E-state index in [-0.39, 0.29) is 23.3 Å². The fourth-order valence-corrected chi connectivity index (χ4v) is 5.84. The van der Waals surface area contributed by atoms with Crippen LogP contribution in [0.2, 0.25) is 0 Å². The van der Waals surface area contributed by atoms with Crippen molar-refractivity contribution in [2.24, 2.45) is 5.41 Å². The normalized spacial score (nSPS) is 19.7. The molecule has 2 amide bonds. The van der Waals surface area contributed by atoms with Gasteiger partial charge in [0.15, 0.2) is 0 Å². The van der Waals surface area contributed by atoms with Crippen molar-refractivity contribution in [3.63, 3.8) is 0 Å². The highest BCUT2D eigenvalue weighted by atomic mass is 16.2. The minimum Gasteiger partial charge on any atom is -0.335 e. The largest absolute Gasteiger partial charge is 0.335 e. The molecular formula is C29H35N5O2. The van der Waals surface area contributed by atoms with Crippen molar-refractivity contribution in [3.8, 4) is 0 Å². The molecule has 188 valence electrons. The lowest BCUT2D eigenvalue weighted by Crippen LogP contribution is -2.46. The van der Waals surface area contributed by atoms with Crippen LogP contribution in [-0.4, -0.2) is 57.5 Å². The van der Waals surface area contributed by atoms with Gasteiger partial charge in [-0.05, 0) is 63.7 Å². The topological polar surface area (TPSA) is 81.3 Å². The second kappa shape index (κ2) is 10.3. The van der Waals surface area contributed by atoms with Crippen molar-refractivity contribution in [2.45, 2.75) is 52.1 Å². The number of piperidine rings is 1. The summed E-state index contributed by atoms with van der Waals surface area (Å²) in [6.07, 6.45) is 3.33. The summed E-state index contributed by atoms with van der Waals surface area (Å²) in [5.74, 6) is 0.241. The van der Waals surface area contributed by atoms with Crippen molar-refractivity contribution in [2.75, 3.05) is 25.0 Å². The standard InChI is InChI=1S/C29H35N5O2/c1-21-27(22(2)32-31-21)30-26(35)20-33-15-13-29(14-16-33)18-25(17-23-9-5-3-6-10-23)34(28(29)36)19-24-11-7-4-8-12-24/h3-12,25H,13-20H2,1-2H3,(H,30,35)(H,31,32)/t25-/m1/s1. The fourth-order valence-electron chi connectivity index (χ4n) is 5.84. The molecule has 7 nitrogen and oxygen atoms in total. The van der Waals surface area contributed by atoms with Crippen LogP contribution in [0.4, 0.5) is 5.69 Å². The highest BCUT2D eigenvalue weighted by molar-refractivity contribution is 5.93. The molecule has 1 atom stereocenters. The Bertz CT molecular complexity index is 1180. The Morgan fingerprint density at radius 3 is 2.28 bits per heavy atom. The Kier molecular flexibility index (Phi) is 6.92. The highest BCUT2D eigenvalue weighted by Gasteiger charge is 2.52. The summed E-state index contributed by atoms with van der Waals surface area (Å²) in [6, 6.07) is 20.9. The molecule has 0 aliphatic carbocycles. The van der Waals surface area contributed by atoms with Gasteiger partial charge >= 0.3 is 0 Å². The van der Waals surface area contributed by atoms with Crippen LogP contribution in [0.3, 0.4) is 0 Å². The Hall–Kier alpha value is -3.45. The van der Waals surface area contributed by atoms with Crippen LogP contribution in [0.25, 0.3) is 0 Å². The number of carbonyl (C=O) groups excluding carboxylic acids is 2. The lowest BCUT2D eigenvalue weighted by molar-refractivity contribution is -0.139. The first-order valence-electron chi connectivity index (χ1n) is 12.9. The van der Waals surface area contributed by atoms with Crippen LogP contribution in [0.5, 0.6) is 0 Å². The average Bonchev–Trinajstić information content (AvgIpc) is 3.33. The molecule has 3 heterocycles. The first-order valence-corrected chi connectivity index (χ1v) is 12.9. The Balaban J connectivity index is 1.26. The number of H-pyrrole nitrogens is 1. The fraction of sp³-hybridized carbons (Fsp3) is 0.414. The van der Waals surface area contributed by atoms with Gasteiger partial charge in [-0.3, -0.25) is 19.6 Å². The minimum atomic E-state index is -0.334. The molecule has 0 saturated carbocycles. The smallest absolute Gasteiger partial charge is 0.238 e. The number of nitrogens with zero attached hydrogens (tertiary/aromatic N) is 3. The molecule has 1 aromatic heterocycles. The van der Waals surface area contributed by atoms with E-state index in [4.69, 9.17) is 0 Å². The predicted molar refractivity (Wildman–Crippen MR) is 140 cm³/mol. The number of nitrogens with one attached hydrogen (secondary N) is 2. The summed E-state index contributed by atoms with van der Waals surface area (Å²) in [7, 11) is 0. The van der Waals surface area contributed by atoms with Gasteiger partial charge in [-0.1, -0.05) is 60.7 Å². The van der Waals surface area contributed by atoms with E-state index in [0.717, 1.165) is 55.8 Å². The molecule has 2 aliphatic rings. The van der Waals surface area contributed by atoms with Gasteiger partial charge in [0.1, 0.15) is 0 Å². The third kappa shape index (κ3) is 5.07. The number of hydrogen-bond acceptors (Lipinski definition) is 4. The molecule has 3 aromatic rings. The molecule has 5 rings (SSSR count). The maximum atomic E-state index is 13.9. The summed E-state index contributed by atoms with van der Waals surface area (Å²) in [5.41, 5.74) is 4.51. The molecule has 2 saturated heterocycles. The number of benzene rings is 2. The quantitative estimate of drug-likeness (QED) is 0.528. The first-order chi connectivity index (χ1) is 17.4. The summed E-state index contributed by atoms with van der Waals surface area (Å²) in [6.45, 7) is 6.25. The van der Waals surface area contributed by atoms with Gasteiger partial charge in [0.2, 0.25) is 11.8 Å². The van der Waals surface area contributed by atoms with Crippen LogP contribution in [-0.2, 0) is 22.6 Å². The molecule has 2 fully saturated rings. The second-order valence-corrected chi connectivity index (χ2v) is 10.4. The summed E-state index contributed by atoms with van der Waals surface area (Å²) in [4.78, 5) is 30.9. The number of carbonyl (C=O) groups is 2. The monoisotopic (exact) mass is 485 g/mol. The van der Waals surface area contributed by atoms with E-state index in [2.05, 4.69) is 61.7 Å². The van der Waals surface area contributed by atoms with Crippen LogP contribution >= 0.6 is 0 Å². The minimum absolute atomic E-state index is 0.0380. The Morgan fingerprint density at radius 2 is 1.67 bits per heavy atom. The van der Waals surface area contributed by atoms with Crippen molar-refractivity contribution in [1.29, 1.82) is 0 Å². The molecule has 0 radical (unpaired) electrons. The SMILES string of the molecule is Cc1n[nH]c(C)c1NC(=O)CN1CCC2(CC1)C[C@@H](Cc1ccccc1)N(Cc1ccccc1)C2=O. The van der Waals surface area contributed by atoms with E-state index in [0.29, 0.717) is 13.1 Å². The molecular weight excluding hydrogens is 450 g/mol. The molecule has 0 unspecified atom stereocenters. The zero-order valence-corrected chi connectivity index (χ0v) is 21.2. The number of anilines is 1. The van der Waals surface area contributed by atoms with Crippen LogP contribution < -0.4 is 5.32 Å². The van der Waals surface area contributed by atoms with E-state index in [1.807, 2.05) is 38.1 Å². The average molecular weight is 486 g/mol. The third-order valence-corrected chi connectivity index (χ3v) is 7.86. The van der Waals surface area contributed by atoms with Gasteiger partial charge in [0, 0.05) is 12.6 Å². The van der Waals surface area contributed by atoms with Crippen molar-refractivity contribution < 1.29 is 9.59 Å². The van der Waals surface area contributed by atoms with E-state index in [1.165, 1.54) is 11.1 Å². The number of hydrogen-bond donors (Lipinski definition) is 2. The number of likely N-dealkylation sites (tertiary alicyclic amines) is 2. The molecule has 0 bridgehead atoms. The van der Waals surface area contributed by atoms with Gasteiger partial charge < -0.3 is 10.2 Å². The maximum Gasteiger partial charge on any atom is 0.238 e. The Morgan fingerprint density at radius 1 is 1.03 bits per heavy atom. The molecule has 2 N–H and O–H groups in total. The predicted octanol–water partition coefficient (Wildman–Crippen LogP) is 4.09. The number of aromatic amines is 1. The summed E-state index contributed by atoms with van der Waals surface area (Å²) >= 11 is 0. The summed E-state index contributed by atoms with van der Waals surface area (Å²) < 4.78 is 0. The number of aryl methyl sites for hydroxylation is 2. The molecule has 7 heteroatoms. The third-order valence-electron chi connectivity index (χ3n) is 7.86. The second-order valence-electron chi connectivity index (χ2n) is 10.4. The van der Waals surface area contributed by atoms with Gasteiger partial charge in [-0.15, -0.1) is 0 Å². The number of rotatable bonds is 7. The van der Waals surface area contributed by atoms with Crippen LogP contribution in [0.15, 0.2) is 60.7 Å². The van der Waals surface area contributed by atoms with E-state index in [9.17, 15) is 9.59 Å². The number of aromatic nitrogens is 2. The zero-order chi connectivity index (χ0) is 25.1. The van der Waals surface area contributed by atoms with E-state index < -0.39 is 0 Å². The lowest BCUT2D eigenvalue weighted by atomic mass is 9.75. The van der Waals surface area contributed by atoms with Crippen LogP contribution in [0.1, 0.15) is 41.8 Å². The zero-order valence-electron chi connectivity index (χ0n) is 21.2. The molecule has 36 heavy (non-hydrogen) atoms. The van der Waals surface area contributed by atoms with Gasteiger partial charge in [-0.25, -0.2) is 0 Å². The number of amides is 2. The molecule has 2 aromatic carbocycles. The van der Waals surface area contributed by atoms with Gasteiger partial charge in [-0.2, -0.15) is 5.10 Å². The Labute approximate surface area is 212 Å². The van der Waals surface area contributed by atoms with Gasteiger partial charge in [0.25, 0.3) is 0 Å². The van der Waals surface area contributed by atoms with Crippen molar-refractivity contribution in [1.82, 2.24) is 20.0 Å². The lowest BCUT2D eigenvalue weighted by Gasteiger charge is -2.37. The van der Waals surface area contributed by atoms with Crippen molar-refractivity contribution in [3.05, 3.63) is 83.2 Å². The van der Waals surface area contributed by atoms with E-state index in [1.54, 1.807) is 0 Å². The molecule has 2 aliphatic heterocycles. The molecule has 1 spiro atoms. The summed E-state index contributed by atoms with van der Waals surface area (Å²) in [5, 5.41) is 10.1. The first kappa shape index (κ1) is 24.3.